The molecule has 3 aromatic carbocycles. The fraction of sp³-hybridized carbons (Fsp3) is 0.432. The standard InChI is InChI=1S/C37H49N3O4/c1-7-8-9-10-17-25-40(35(42)31(26-29-21-13-11-14-22-29)38-36(43)44-37(4,5)6)33(30-23-15-12-16-24-30)34(41)39-32-27(2)19-18-20-28(32)3/h11-16,18-24,31,33H,7-10,17,25-26H2,1-6H3,(H,38,43)(H,39,41). The first kappa shape index (κ1) is 34.4. The number of unbranched alkanes of at least 4 members (excludes halogenated alkanes) is 4. The summed E-state index contributed by atoms with van der Waals surface area (Å²) in [5, 5.41) is 5.98. The molecule has 7 heteroatoms. The number of para-hydroxylation sites is 1. The van der Waals surface area contributed by atoms with Crippen LogP contribution in [0.5, 0.6) is 0 Å². The van der Waals surface area contributed by atoms with Gasteiger partial charge in [-0.05, 0) is 63.3 Å². The number of anilines is 1. The molecule has 0 bridgehead atoms. The number of rotatable bonds is 14. The molecular formula is C37H49N3O4. The minimum Gasteiger partial charge on any atom is -0.444 e. The summed E-state index contributed by atoms with van der Waals surface area (Å²) in [5.41, 5.74) is 3.48. The molecule has 236 valence electrons. The molecular weight excluding hydrogens is 550 g/mol. The van der Waals surface area contributed by atoms with Gasteiger partial charge < -0.3 is 20.3 Å². The van der Waals surface area contributed by atoms with Gasteiger partial charge in [0.1, 0.15) is 17.7 Å². The van der Waals surface area contributed by atoms with Gasteiger partial charge in [-0.2, -0.15) is 0 Å². The Hall–Kier alpha value is -4.13. The Balaban J connectivity index is 2.05. The first-order chi connectivity index (χ1) is 21.0. The second-order valence-electron chi connectivity index (χ2n) is 12.4. The quantitative estimate of drug-likeness (QED) is 0.184. The molecule has 3 aromatic rings. The zero-order valence-corrected chi connectivity index (χ0v) is 27.2. The molecule has 2 unspecified atom stereocenters. The topological polar surface area (TPSA) is 87.7 Å². The van der Waals surface area contributed by atoms with Crippen molar-refractivity contribution in [2.75, 3.05) is 11.9 Å². The van der Waals surface area contributed by atoms with Crippen LogP contribution in [-0.2, 0) is 20.7 Å². The van der Waals surface area contributed by atoms with Gasteiger partial charge in [0.15, 0.2) is 0 Å². The molecule has 2 atom stereocenters. The molecule has 0 spiro atoms. The second-order valence-corrected chi connectivity index (χ2v) is 12.4. The number of carbonyl (C=O) groups excluding carboxylic acids is 3. The van der Waals surface area contributed by atoms with Crippen molar-refractivity contribution in [3.8, 4) is 0 Å². The van der Waals surface area contributed by atoms with Gasteiger partial charge in [-0.25, -0.2) is 4.79 Å². The maximum Gasteiger partial charge on any atom is 0.408 e. The minimum atomic E-state index is -0.942. The van der Waals surface area contributed by atoms with Crippen molar-refractivity contribution in [3.63, 3.8) is 0 Å². The number of nitrogens with zero attached hydrogens (tertiary/aromatic N) is 1. The Morgan fingerprint density at radius 3 is 1.98 bits per heavy atom. The van der Waals surface area contributed by atoms with Crippen LogP contribution in [0.4, 0.5) is 10.5 Å². The van der Waals surface area contributed by atoms with Gasteiger partial charge in [0.25, 0.3) is 5.91 Å². The number of amides is 3. The summed E-state index contributed by atoms with van der Waals surface area (Å²) in [7, 11) is 0. The number of aryl methyl sites for hydroxylation is 2. The van der Waals surface area contributed by atoms with Crippen LogP contribution in [0.1, 0.15) is 88.1 Å². The number of alkyl carbamates (subject to hydrolysis) is 1. The molecule has 3 amide bonds. The lowest BCUT2D eigenvalue weighted by Crippen LogP contribution is -2.53. The predicted molar refractivity (Wildman–Crippen MR) is 178 cm³/mol. The Labute approximate surface area is 263 Å². The van der Waals surface area contributed by atoms with E-state index in [0.717, 1.165) is 54.5 Å². The second kappa shape index (κ2) is 16.6. The molecule has 0 saturated heterocycles. The molecule has 7 nitrogen and oxygen atoms in total. The SMILES string of the molecule is CCCCCCCN(C(=O)C(Cc1ccccc1)NC(=O)OC(C)(C)C)C(C(=O)Nc1c(C)cccc1C)c1ccccc1. The number of hydrogen-bond donors (Lipinski definition) is 2. The first-order valence-corrected chi connectivity index (χ1v) is 15.8. The minimum absolute atomic E-state index is 0.255. The zero-order valence-electron chi connectivity index (χ0n) is 27.2. The van der Waals surface area contributed by atoms with Crippen molar-refractivity contribution in [2.24, 2.45) is 0 Å². The summed E-state index contributed by atoms with van der Waals surface area (Å²) in [6, 6.07) is 23.0. The maximum absolute atomic E-state index is 14.6. The van der Waals surface area contributed by atoms with Crippen molar-refractivity contribution in [2.45, 2.75) is 97.8 Å². The maximum atomic E-state index is 14.6. The number of nitrogens with one attached hydrogen (secondary N) is 2. The Morgan fingerprint density at radius 1 is 0.795 bits per heavy atom. The van der Waals surface area contributed by atoms with Crippen molar-refractivity contribution < 1.29 is 19.1 Å². The van der Waals surface area contributed by atoms with E-state index in [1.54, 1.807) is 25.7 Å². The van der Waals surface area contributed by atoms with E-state index in [-0.39, 0.29) is 18.2 Å². The monoisotopic (exact) mass is 599 g/mol. The van der Waals surface area contributed by atoms with Crippen LogP contribution in [0.3, 0.4) is 0 Å². The summed E-state index contributed by atoms with van der Waals surface area (Å²) < 4.78 is 5.56. The van der Waals surface area contributed by atoms with Crippen LogP contribution < -0.4 is 10.6 Å². The van der Waals surface area contributed by atoms with Gasteiger partial charge in [0.05, 0.1) is 0 Å². The average Bonchev–Trinajstić information content (AvgIpc) is 2.97. The fourth-order valence-corrected chi connectivity index (χ4v) is 5.26. The van der Waals surface area contributed by atoms with Gasteiger partial charge in [-0.3, -0.25) is 9.59 Å². The highest BCUT2D eigenvalue weighted by molar-refractivity contribution is 6.00. The lowest BCUT2D eigenvalue weighted by Gasteiger charge is -2.35. The summed E-state index contributed by atoms with van der Waals surface area (Å²) in [5.74, 6) is -0.632. The van der Waals surface area contributed by atoms with Gasteiger partial charge in [-0.1, -0.05) is 111 Å². The van der Waals surface area contributed by atoms with E-state index < -0.39 is 23.8 Å². The molecule has 44 heavy (non-hydrogen) atoms. The third-order valence-corrected chi connectivity index (χ3v) is 7.46. The molecule has 0 aliphatic heterocycles. The normalized spacial score (nSPS) is 12.6. The van der Waals surface area contributed by atoms with Gasteiger partial charge in [0, 0.05) is 18.7 Å². The average molecular weight is 600 g/mol. The van der Waals surface area contributed by atoms with Crippen molar-refractivity contribution >= 4 is 23.6 Å². The summed E-state index contributed by atoms with van der Waals surface area (Å²) >= 11 is 0. The fourth-order valence-electron chi connectivity index (χ4n) is 5.26. The van der Waals surface area contributed by atoms with Crippen molar-refractivity contribution in [3.05, 3.63) is 101 Å². The number of carbonyl (C=O) groups is 3. The molecule has 0 aliphatic carbocycles. The van der Waals surface area contributed by atoms with E-state index in [1.807, 2.05) is 92.7 Å². The van der Waals surface area contributed by atoms with E-state index in [9.17, 15) is 14.4 Å². The van der Waals surface area contributed by atoms with E-state index in [2.05, 4.69) is 17.6 Å². The van der Waals surface area contributed by atoms with Crippen LogP contribution >= 0.6 is 0 Å². The summed E-state index contributed by atoms with van der Waals surface area (Å²) in [4.78, 5) is 43.6. The van der Waals surface area contributed by atoms with Crippen LogP contribution in [0, 0.1) is 13.8 Å². The lowest BCUT2D eigenvalue weighted by molar-refractivity contribution is -0.140. The van der Waals surface area contributed by atoms with Crippen LogP contribution in [0.25, 0.3) is 0 Å². The summed E-state index contributed by atoms with van der Waals surface area (Å²) in [6.45, 7) is 11.8. The number of benzene rings is 3. The Bertz CT molecular complexity index is 1330. The first-order valence-electron chi connectivity index (χ1n) is 15.8. The van der Waals surface area contributed by atoms with Crippen molar-refractivity contribution in [1.29, 1.82) is 0 Å². The highest BCUT2D eigenvalue weighted by atomic mass is 16.6. The van der Waals surface area contributed by atoms with Crippen LogP contribution in [-0.4, -0.2) is 41.0 Å². The predicted octanol–water partition coefficient (Wildman–Crippen LogP) is 7.92. The van der Waals surface area contributed by atoms with Crippen molar-refractivity contribution in [1.82, 2.24) is 10.2 Å². The number of ether oxygens (including phenoxy) is 1. The van der Waals surface area contributed by atoms with E-state index in [1.165, 1.54) is 0 Å². The third-order valence-electron chi connectivity index (χ3n) is 7.46. The molecule has 0 aromatic heterocycles. The largest absolute Gasteiger partial charge is 0.444 e. The van der Waals surface area contributed by atoms with Gasteiger partial charge >= 0.3 is 6.09 Å². The van der Waals surface area contributed by atoms with Crippen LogP contribution in [0.2, 0.25) is 0 Å². The van der Waals surface area contributed by atoms with Crippen LogP contribution in [0.15, 0.2) is 78.9 Å². The third kappa shape index (κ3) is 10.5. The molecule has 0 heterocycles. The molecule has 0 fully saturated rings. The zero-order chi connectivity index (χ0) is 32.1. The molecule has 0 aliphatic rings. The number of hydrogen-bond acceptors (Lipinski definition) is 4. The Morgan fingerprint density at radius 2 is 1.39 bits per heavy atom. The molecule has 3 rings (SSSR count). The highest BCUT2D eigenvalue weighted by Gasteiger charge is 2.36. The Kier molecular flexibility index (Phi) is 13.0. The van der Waals surface area contributed by atoms with Gasteiger partial charge in [-0.15, -0.1) is 0 Å². The summed E-state index contributed by atoms with van der Waals surface area (Å²) in [6.07, 6.45) is 4.51. The van der Waals surface area contributed by atoms with E-state index in [4.69, 9.17) is 4.74 Å². The van der Waals surface area contributed by atoms with Gasteiger partial charge in [0.2, 0.25) is 5.91 Å². The molecule has 0 saturated carbocycles. The van der Waals surface area contributed by atoms with E-state index >= 15 is 0 Å². The molecule has 0 radical (unpaired) electrons. The smallest absolute Gasteiger partial charge is 0.408 e. The molecule has 2 N–H and O–H groups in total. The highest BCUT2D eigenvalue weighted by Crippen LogP contribution is 2.28. The van der Waals surface area contributed by atoms with E-state index in [0.29, 0.717) is 12.1 Å². The lowest BCUT2D eigenvalue weighted by atomic mass is 9.99.